The first kappa shape index (κ1) is 18.2. The Balaban J connectivity index is 1.64. The summed E-state index contributed by atoms with van der Waals surface area (Å²) in [6.07, 6.45) is 3.37. The van der Waals surface area contributed by atoms with Gasteiger partial charge in [-0.15, -0.1) is 10.2 Å². The van der Waals surface area contributed by atoms with Crippen LogP contribution in [0.25, 0.3) is 0 Å². The number of fused-ring (bicyclic) bond motifs is 1. The van der Waals surface area contributed by atoms with E-state index in [0.717, 1.165) is 48.2 Å². The molecule has 0 unspecified atom stereocenters. The quantitative estimate of drug-likeness (QED) is 0.870. The fraction of sp³-hybridized carbons (Fsp3) is 0.526. The maximum absolute atomic E-state index is 13.3. The molecule has 1 saturated heterocycles. The zero-order chi connectivity index (χ0) is 18.8. The van der Waals surface area contributed by atoms with Gasteiger partial charge in [-0.25, -0.2) is 4.68 Å². The monoisotopic (exact) mass is 387 g/mol. The molecular weight excluding hydrogens is 362 g/mol. The fourth-order valence-electron chi connectivity index (χ4n) is 3.63. The largest absolute Gasteiger partial charge is 0.494 e. The lowest BCUT2D eigenvalue weighted by Gasteiger charge is -2.37. The van der Waals surface area contributed by atoms with Gasteiger partial charge in [-0.1, -0.05) is 23.9 Å². The molecule has 0 saturated carbocycles. The molecule has 4 rings (SSSR count). The SMILES string of the molecule is CCOc1ccc([C@H]2Nn3c(C)nnc3S[C@H]2C(=O)N2CCCCC2)cc1. The van der Waals surface area contributed by atoms with Crippen LogP contribution in [0, 0.1) is 6.92 Å². The first-order chi connectivity index (χ1) is 13.2. The molecule has 27 heavy (non-hydrogen) atoms. The Labute approximate surface area is 163 Å². The van der Waals surface area contributed by atoms with Gasteiger partial charge in [0.25, 0.3) is 0 Å². The van der Waals surface area contributed by atoms with Crippen molar-refractivity contribution in [3.8, 4) is 5.75 Å². The van der Waals surface area contributed by atoms with Crippen LogP contribution in [0.1, 0.15) is 43.6 Å². The number of rotatable bonds is 4. The molecule has 0 spiro atoms. The maximum atomic E-state index is 13.3. The Hall–Kier alpha value is -2.22. The predicted molar refractivity (Wildman–Crippen MR) is 105 cm³/mol. The van der Waals surface area contributed by atoms with Gasteiger partial charge in [0.1, 0.15) is 16.8 Å². The third-order valence-electron chi connectivity index (χ3n) is 5.06. The third kappa shape index (κ3) is 3.63. The van der Waals surface area contributed by atoms with Crippen molar-refractivity contribution >= 4 is 17.7 Å². The molecule has 3 heterocycles. The number of carbonyl (C=O) groups excluding carboxylic acids is 1. The van der Waals surface area contributed by atoms with Crippen molar-refractivity contribution in [1.29, 1.82) is 0 Å². The van der Waals surface area contributed by atoms with Crippen LogP contribution in [0.5, 0.6) is 5.75 Å². The number of hydrogen-bond acceptors (Lipinski definition) is 6. The number of aryl methyl sites for hydroxylation is 1. The first-order valence-corrected chi connectivity index (χ1v) is 10.4. The summed E-state index contributed by atoms with van der Waals surface area (Å²) in [4.78, 5) is 15.3. The Morgan fingerprint density at radius 2 is 1.96 bits per heavy atom. The number of piperidine rings is 1. The highest BCUT2D eigenvalue weighted by molar-refractivity contribution is 8.00. The number of nitrogens with one attached hydrogen (secondary N) is 1. The van der Waals surface area contributed by atoms with E-state index in [1.54, 1.807) is 0 Å². The van der Waals surface area contributed by atoms with Gasteiger partial charge in [-0.2, -0.15) is 0 Å². The smallest absolute Gasteiger partial charge is 0.238 e. The van der Waals surface area contributed by atoms with E-state index in [2.05, 4.69) is 15.6 Å². The van der Waals surface area contributed by atoms with Crippen molar-refractivity contribution in [3.05, 3.63) is 35.7 Å². The number of nitrogens with zero attached hydrogens (tertiary/aromatic N) is 4. The van der Waals surface area contributed by atoms with Gasteiger partial charge in [-0.05, 0) is 50.8 Å². The molecule has 2 aromatic rings. The van der Waals surface area contributed by atoms with Crippen molar-refractivity contribution in [2.45, 2.75) is 49.6 Å². The Kier molecular flexibility index (Phi) is 5.24. The molecule has 2 aliphatic rings. The molecule has 2 aliphatic heterocycles. The standard InChI is InChI=1S/C19H25N5O2S/c1-3-26-15-9-7-14(8-10-15)16-17(18(25)23-11-5-4-6-12-23)27-19-21-20-13(2)24(19)22-16/h7-10,16-17,22H,3-6,11-12H2,1-2H3/t16-,17-/m1/s1. The summed E-state index contributed by atoms with van der Waals surface area (Å²) in [6.45, 7) is 6.20. The van der Waals surface area contributed by atoms with Crippen molar-refractivity contribution in [2.75, 3.05) is 25.1 Å². The van der Waals surface area contributed by atoms with E-state index >= 15 is 0 Å². The lowest BCUT2D eigenvalue weighted by Crippen LogP contribution is -2.47. The molecule has 1 fully saturated rings. The van der Waals surface area contributed by atoms with E-state index in [1.165, 1.54) is 18.2 Å². The summed E-state index contributed by atoms with van der Waals surface area (Å²) < 4.78 is 7.44. The lowest BCUT2D eigenvalue weighted by molar-refractivity contribution is -0.131. The highest BCUT2D eigenvalue weighted by Gasteiger charge is 2.39. The van der Waals surface area contributed by atoms with Crippen LogP contribution in [0.15, 0.2) is 29.4 Å². The van der Waals surface area contributed by atoms with Gasteiger partial charge in [0.2, 0.25) is 11.1 Å². The summed E-state index contributed by atoms with van der Waals surface area (Å²) in [7, 11) is 0. The first-order valence-electron chi connectivity index (χ1n) is 9.54. The number of amides is 1. The number of likely N-dealkylation sites (tertiary alicyclic amines) is 1. The molecule has 1 aromatic carbocycles. The normalized spacial score (nSPS) is 22.1. The van der Waals surface area contributed by atoms with Gasteiger partial charge in [-0.3, -0.25) is 4.79 Å². The highest BCUT2D eigenvalue weighted by atomic mass is 32.2. The molecule has 1 N–H and O–H groups in total. The molecule has 1 amide bonds. The average Bonchev–Trinajstić information content (AvgIpc) is 3.08. The van der Waals surface area contributed by atoms with E-state index in [-0.39, 0.29) is 17.2 Å². The van der Waals surface area contributed by atoms with Crippen LogP contribution < -0.4 is 10.2 Å². The van der Waals surface area contributed by atoms with Crippen LogP contribution in [0.2, 0.25) is 0 Å². The highest BCUT2D eigenvalue weighted by Crippen LogP contribution is 2.38. The summed E-state index contributed by atoms with van der Waals surface area (Å²) in [5, 5.41) is 8.85. The fourth-order valence-corrected chi connectivity index (χ4v) is 4.84. The molecule has 8 heteroatoms. The summed E-state index contributed by atoms with van der Waals surface area (Å²) >= 11 is 1.50. The molecule has 1 aromatic heterocycles. The maximum Gasteiger partial charge on any atom is 0.238 e. The van der Waals surface area contributed by atoms with Crippen molar-refractivity contribution in [1.82, 2.24) is 19.8 Å². The van der Waals surface area contributed by atoms with Gasteiger partial charge in [0, 0.05) is 13.1 Å². The van der Waals surface area contributed by atoms with Crippen molar-refractivity contribution in [3.63, 3.8) is 0 Å². The number of ether oxygens (including phenoxy) is 1. The number of carbonyl (C=O) groups is 1. The minimum atomic E-state index is -0.267. The zero-order valence-electron chi connectivity index (χ0n) is 15.7. The Morgan fingerprint density at radius 1 is 1.22 bits per heavy atom. The van der Waals surface area contributed by atoms with Gasteiger partial charge < -0.3 is 15.1 Å². The minimum Gasteiger partial charge on any atom is -0.494 e. The molecule has 0 aliphatic carbocycles. The predicted octanol–water partition coefficient (Wildman–Crippen LogP) is 2.76. The van der Waals surface area contributed by atoms with E-state index in [9.17, 15) is 4.79 Å². The van der Waals surface area contributed by atoms with Gasteiger partial charge in [0.15, 0.2) is 0 Å². The molecular formula is C19H25N5O2S. The van der Waals surface area contributed by atoms with Crippen LogP contribution in [-0.4, -0.2) is 50.6 Å². The van der Waals surface area contributed by atoms with E-state index < -0.39 is 0 Å². The second-order valence-electron chi connectivity index (χ2n) is 6.90. The van der Waals surface area contributed by atoms with E-state index in [4.69, 9.17) is 4.74 Å². The van der Waals surface area contributed by atoms with Crippen LogP contribution in [0.4, 0.5) is 0 Å². The van der Waals surface area contributed by atoms with Crippen molar-refractivity contribution < 1.29 is 9.53 Å². The van der Waals surface area contributed by atoms with Gasteiger partial charge in [0.05, 0.1) is 12.6 Å². The lowest BCUT2D eigenvalue weighted by atomic mass is 10.0. The van der Waals surface area contributed by atoms with Crippen LogP contribution in [-0.2, 0) is 4.79 Å². The van der Waals surface area contributed by atoms with E-state index in [0.29, 0.717) is 6.61 Å². The molecule has 0 bridgehead atoms. The molecule has 2 atom stereocenters. The minimum absolute atomic E-state index is 0.151. The summed E-state index contributed by atoms with van der Waals surface area (Å²) in [6, 6.07) is 7.83. The number of thioether (sulfide) groups is 1. The molecule has 144 valence electrons. The summed E-state index contributed by atoms with van der Waals surface area (Å²) in [5.74, 6) is 1.81. The Bertz CT molecular complexity index is 801. The van der Waals surface area contributed by atoms with Gasteiger partial charge >= 0.3 is 0 Å². The zero-order valence-corrected chi connectivity index (χ0v) is 16.5. The molecule has 0 radical (unpaired) electrons. The number of hydrogen-bond donors (Lipinski definition) is 1. The second-order valence-corrected chi connectivity index (χ2v) is 8.01. The number of benzene rings is 1. The average molecular weight is 388 g/mol. The summed E-state index contributed by atoms with van der Waals surface area (Å²) in [5.41, 5.74) is 4.52. The number of aromatic nitrogens is 3. The van der Waals surface area contributed by atoms with E-state index in [1.807, 2.05) is 47.7 Å². The second kappa shape index (κ2) is 7.80. The van der Waals surface area contributed by atoms with Crippen molar-refractivity contribution in [2.24, 2.45) is 0 Å². The topological polar surface area (TPSA) is 72.3 Å². The third-order valence-corrected chi connectivity index (χ3v) is 6.26. The molecule has 7 nitrogen and oxygen atoms in total. The van der Waals surface area contributed by atoms with Crippen LogP contribution in [0.3, 0.4) is 0 Å². The van der Waals surface area contributed by atoms with Crippen LogP contribution >= 0.6 is 11.8 Å². The Morgan fingerprint density at radius 3 is 2.67 bits per heavy atom.